The van der Waals surface area contributed by atoms with Crippen molar-refractivity contribution in [1.82, 2.24) is 44.9 Å². The van der Waals surface area contributed by atoms with E-state index in [2.05, 4.69) is 98.0 Å². The average Bonchev–Trinajstić information content (AvgIpc) is 0.804. The first kappa shape index (κ1) is 86.2. The van der Waals surface area contributed by atoms with E-state index in [9.17, 15) is 14.4 Å². The number of anilines is 6. The molecule has 0 spiro atoms. The molecule has 27 heteroatoms. The van der Waals surface area contributed by atoms with Crippen molar-refractivity contribution in [1.29, 1.82) is 0 Å². The first-order chi connectivity index (χ1) is 48.3. The van der Waals surface area contributed by atoms with Crippen molar-refractivity contribution >= 4 is 97.3 Å². The molecule has 0 saturated carbocycles. The second-order valence-corrected chi connectivity index (χ2v) is 25.9. The number of aromatic nitrogens is 9. The van der Waals surface area contributed by atoms with Gasteiger partial charge in [0.2, 0.25) is 17.8 Å². The number of ether oxygens (including phenoxy) is 6. The van der Waals surface area contributed by atoms with Gasteiger partial charge in [-0.1, -0.05) is 77.8 Å². The van der Waals surface area contributed by atoms with Crippen LogP contribution in [0.3, 0.4) is 0 Å². The number of methoxy groups -OCH3 is 4. The summed E-state index contributed by atoms with van der Waals surface area (Å²) >= 11 is 6.22. The van der Waals surface area contributed by atoms with Gasteiger partial charge in [-0.15, -0.1) is 6.61 Å². The summed E-state index contributed by atoms with van der Waals surface area (Å²) in [6, 6.07) is 16.8. The van der Waals surface area contributed by atoms with Crippen LogP contribution < -0.4 is 95.4 Å². The fourth-order valence-electron chi connectivity index (χ4n) is 10.9. The molecule has 0 unspecified atom stereocenters. The largest absolute Gasteiger partial charge is 1.00 e. The number of benzene rings is 2. The Morgan fingerprint density at radius 3 is 1.18 bits per heavy atom. The summed E-state index contributed by atoms with van der Waals surface area (Å²) in [5, 5.41) is 26.8. The quantitative estimate of drug-likeness (QED) is 0.0196. The van der Waals surface area contributed by atoms with Gasteiger partial charge in [-0.2, -0.15) is 15.0 Å². The molecule has 6 heterocycles. The molecule has 0 fully saturated rings. The Morgan fingerprint density at radius 2 is 0.833 bits per heavy atom. The van der Waals surface area contributed by atoms with Gasteiger partial charge in [0.25, 0.3) is 0 Å². The average molecular weight is 1440 g/mol. The molecule has 6 aromatic heterocycles. The first-order valence-electron chi connectivity index (χ1n) is 34.9. The maximum absolute atomic E-state index is 11.8. The zero-order valence-electron chi connectivity index (χ0n) is 63.1. The van der Waals surface area contributed by atoms with E-state index in [0.717, 1.165) is 86.8 Å². The third kappa shape index (κ3) is 27.9. The van der Waals surface area contributed by atoms with Crippen molar-refractivity contribution in [2.75, 3.05) is 80.6 Å². The maximum Gasteiger partial charge on any atom is 1.00 e. The number of hydrogen-bond acceptors (Lipinski definition) is 25. The van der Waals surface area contributed by atoms with Gasteiger partial charge in [0.15, 0.2) is 17.5 Å². The third-order valence-corrected chi connectivity index (χ3v) is 16.8. The molecule has 0 aliphatic rings. The Kier molecular flexibility index (Phi) is 36.9. The Hall–Kier alpha value is -8.23. The van der Waals surface area contributed by atoms with Crippen LogP contribution in [0.2, 0.25) is 5.02 Å². The van der Waals surface area contributed by atoms with Crippen LogP contribution in [0.25, 0.3) is 33.1 Å². The van der Waals surface area contributed by atoms with Crippen LogP contribution in [-0.2, 0) is 27.5 Å². The summed E-state index contributed by atoms with van der Waals surface area (Å²) in [7, 11) is 6.50. The second kappa shape index (κ2) is 43.7. The van der Waals surface area contributed by atoms with Crippen molar-refractivity contribution in [3.63, 3.8) is 0 Å². The molecule has 550 valence electrons. The van der Waals surface area contributed by atoms with E-state index >= 15 is 0 Å². The molecular formula is C75H107ClN15NaO10. The number of carbonyl (C=O) groups excluding carboxylic acids is 3. The SMILES string of the molecule is CCCC[C@](C)(CCC(C)=O)Nc1nc(N)nc2cc(OCC)cnc12.CCCC[C@](C)(CCC(C)=O)Nc1nc(NCc2ccc(OC)cc2OC)nc2cc(Cl)cnc12.CCCC[C@](C)(CCC(C)=O)Nc1nc(NCc2ccc(OC)cc2OC)nc2cc(OCC)cnc12.CC[O-].[Na+]. The Morgan fingerprint density at radius 1 is 0.480 bits per heavy atom. The predicted molar refractivity (Wildman–Crippen MR) is 402 cm³/mol. The summed E-state index contributed by atoms with van der Waals surface area (Å²) in [4.78, 5) is 76.2. The molecule has 25 nitrogen and oxygen atoms in total. The van der Waals surface area contributed by atoms with Crippen LogP contribution in [0.1, 0.15) is 191 Å². The number of unbranched alkanes of at least 4 members (excludes halogenated alkanes) is 3. The fourth-order valence-corrected chi connectivity index (χ4v) is 11.1. The molecule has 0 bridgehead atoms. The van der Waals surface area contributed by atoms with Crippen molar-refractivity contribution in [3.05, 3.63) is 89.3 Å². The molecule has 2 aromatic carbocycles. The second-order valence-electron chi connectivity index (χ2n) is 25.5. The number of hydrogen-bond donors (Lipinski definition) is 6. The van der Waals surface area contributed by atoms with Gasteiger partial charge in [-0.05, 0) is 124 Å². The van der Waals surface area contributed by atoms with Crippen molar-refractivity contribution in [3.8, 4) is 34.5 Å². The number of halogens is 1. The van der Waals surface area contributed by atoms with Crippen LogP contribution in [0, 0.1) is 0 Å². The van der Waals surface area contributed by atoms with Gasteiger partial charge in [0.1, 0.15) is 79.4 Å². The Bertz CT molecular complexity index is 3950. The zero-order chi connectivity index (χ0) is 74.1. The van der Waals surface area contributed by atoms with Gasteiger partial charge in [0.05, 0.1) is 64.6 Å². The standard InChI is InChI=1S/C28H39N5O4.C26H34ClN5O3.C19H29N5O2.C2H5O.Na/c1-7-9-13-28(4,14-12-19(3)34)33-26-25-23(15-22(18-29-25)37-8-2)31-27(32-26)30-17-20-10-11-21(35-5)16-24(20)36-6;1-6-7-11-26(3,12-10-17(2)33)32-24-23-21(13-19(27)16-28-23)30-25(31-24)29-15-18-8-9-20(34-4)14-22(18)35-5;1-5-7-9-19(4,10-8-13(3)25)24-17-16-15(22-18(20)23-17)11-14(12-21-16)26-6-2;1-2-3;/h10-11,15-16,18H,7-9,12-14,17H2,1-6H3,(H2,30,31,32,33);8-9,13-14,16H,6-7,10-12,15H2,1-5H3,(H2,29,30,31,32);11-12H,5-10H2,1-4H3,(H3,20,22,23,24);2H2,1H3;/q;;;-1;+1/t28-;26-;19-;;/m111../s1. The first-order valence-corrected chi connectivity index (χ1v) is 35.2. The molecule has 102 heavy (non-hydrogen) atoms. The molecule has 7 N–H and O–H groups in total. The number of fused-ring (bicyclic) bond motifs is 3. The minimum Gasteiger partial charge on any atom is -0.855 e. The smallest absolute Gasteiger partial charge is 0.855 e. The van der Waals surface area contributed by atoms with Crippen LogP contribution in [0.4, 0.5) is 35.3 Å². The van der Waals surface area contributed by atoms with Gasteiger partial charge >= 0.3 is 29.6 Å². The van der Waals surface area contributed by atoms with E-state index in [1.54, 1.807) is 80.8 Å². The number of nitrogen functional groups attached to an aromatic ring is 1. The number of nitrogens with two attached hydrogens (primary N) is 1. The Balaban J connectivity index is 0.000000321. The normalized spacial score (nSPS) is 12.5. The van der Waals surface area contributed by atoms with Gasteiger partial charge < -0.3 is 80.2 Å². The Labute approximate surface area is 629 Å². The van der Waals surface area contributed by atoms with Gasteiger partial charge in [-0.3, -0.25) is 0 Å². The number of nitrogens with one attached hydrogen (secondary N) is 5. The van der Waals surface area contributed by atoms with Crippen LogP contribution in [0.15, 0.2) is 73.2 Å². The maximum atomic E-state index is 11.8. The summed E-state index contributed by atoms with van der Waals surface area (Å²) in [5.41, 5.74) is 10.7. The molecule has 0 radical (unpaired) electrons. The molecule has 0 aliphatic heterocycles. The number of Topliss-reactive ketones (excluding diaryl/α,β-unsaturated/α-hetero) is 3. The number of rotatable bonds is 38. The van der Waals surface area contributed by atoms with Crippen molar-refractivity contribution in [2.45, 2.75) is 209 Å². The number of nitrogens with zero attached hydrogens (tertiary/aromatic N) is 9. The van der Waals surface area contributed by atoms with E-state index in [4.69, 9.17) is 65.8 Å². The molecule has 3 atom stereocenters. The summed E-state index contributed by atoms with van der Waals surface area (Å²) in [5.74, 6) is 7.57. The monoisotopic (exact) mass is 1440 g/mol. The van der Waals surface area contributed by atoms with Crippen LogP contribution in [0.5, 0.6) is 34.5 Å². The molecule has 0 aliphatic carbocycles. The number of ketones is 3. The van der Waals surface area contributed by atoms with Crippen molar-refractivity contribution < 1.29 is 77.5 Å². The van der Waals surface area contributed by atoms with Gasteiger partial charge in [-0.25, -0.2) is 29.9 Å². The molecule has 0 saturated heterocycles. The summed E-state index contributed by atoms with van der Waals surface area (Å²) in [6.45, 7) is 25.1. The van der Waals surface area contributed by atoms with Crippen molar-refractivity contribution in [2.24, 2.45) is 0 Å². The topological polar surface area (TPSA) is 332 Å². The van der Waals surface area contributed by atoms with E-state index in [0.29, 0.717) is 149 Å². The van der Waals surface area contributed by atoms with E-state index < -0.39 is 0 Å². The molecule has 8 aromatic rings. The molecule has 8 rings (SSSR count). The summed E-state index contributed by atoms with van der Waals surface area (Å²) < 4.78 is 32.8. The van der Waals surface area contributed by atoms with E-state index in [1.807, 2.05) is 62.4 Å². The summed E-state index contributed by atoms with van der Waals surface area (Å²) in [6.07, 6.45) is 17.7. The van der Waals surface area contributed by atoms with E-state index in [-0.39, 0.29) is 76.1 Å². The van der Waals surface area contributed by atoms with Gasteiger partial charge in [0, 0.05) is 90.6 Å². The molecular weight excluding hydrogens is 1330 g/mol. The van der Waals surface area contributed by atoms with Crippen LogP contribution >= 0.6 is 11.6 Å². The minimum absolute atomic E-state index is 0. The van der Waals surface area contributed by atoms with Crippen LogP contribution in [-0.4, -0.2) is 127 Å². The molecule has 0 amide bonds. The predicted octanol–water partition coefficient (Wildman–Crippen LogP) is 11.9. The number of pyridine rings is 3. The minimum atomic E-state index is -0.320. The van der Waals surface area contributed by atoms with E-state index in [1.165, 1.54) is 0 Å². The zero-order valence-corrected chi connectivity index (χ0v) is 65.9. The number of carbonyl (C=O) groups is 3. The third-order valence-electron chi connectivity index (χ3n) is 16.6. The fraction of sp³-hybridized carbons (Fsp3) is 0.520.